The lowest BCUT2D eigenvalue weighted by Gasteiger charge is -2.07. The number of carbonyl (C=O) groups excluding carboxylic acids is 2. The first-order valence-corrected chi connectivity index (χ1v) is 7.52. The van der Waals surface area contributed by atoms with E-state index in [0.29, 0.717) is 24.2 Å². The van der Waals surface area contributed by atoms with Crippen LogP contribution in [0.15, 0.2) is 36.2 Å². The van der Waals surface area contributed by atoms with Crippen LogP contribution in [0, 0.1) is 0 Å². The number of nitrogens with one attached hydrogen (secondary N) is 1. The van der Waals surface area contributed by atoms with E-state index >= 15 is 0 Å². The van der Waals surface area contributed by atoms with Gasteiger partial charge in [-0.05, 0) is 12.5 Å². The zero-order valence-corrected chi connectivity index (χ0v) is 13.2. The van der Waals surface area contributed by atoms with Crippen molar-refractivity contribution in [3.63, 3.8) is 0 Å². The number of aliphatic hydroxyl groups is 1. The zero-order chi connectivity index (χ0) is 16.6. The van der Waals surface area contributed by atoms with Crippen LogP contribution in [0.25, 0.3) is 16.5 Å². The average Bonchev–Trinajstić information content (AvgIpc) is 2.99. The Hall–Kier alpha value is -2.60. The molecule has 6 nitrogen and oxygen atoms in total. The van der Waals surface area contributed by atoms with Gasteiger partial charge in [0.05, 0.1) is 5.57 Å². The van der Waals surface area contributed by atoms with E-state index in [0.717, 1.165) is 21.4 Å². The molecule has 0 saturated carbocycles. The summed E-state index contributed by atoms with van der Waals surface area (Å²) in [6.07, 6.45) is 2.38. The first kappa shape index (κ1) is 15.3. The zero-order valence-electron chi connectivity index (χ0n) is 13.2. The smallest absolute Gasteiger partial charge is 0.277 e. The van der Waals surface area contributed by atoms with E-state index in [1.54, 1.807) is 0 Å². The number of nitrogens with zero attached hydrogens (tertiary/aromatic N) is 2. The number of para-hydroxylation sites is 1. The van der Waals surface area contributed by atoms with Crippen molar-refractivity contribution in [3.05, 3.63) is 41.7 Å². The molecule has 1 aliphatic rings. The lowest BCUT2D eigenvalue weighted by atomic mass is 10.0. The second-order valence-corrected chi connectivity index (χ2v) is 5.59. The number of aryl methyl sites for hydroxylation is 1. The second-order valence-electron chi connectivity index (χ2n) is 5.59. The third-order valence-electron chi connectivity index (χ3n) is 4.09. The third kappa shape index (κ3) is 2.41. The largest absolute Gasteiger partial charge is 0.396 e. The van der Waals surface area contributed by atoms with E-state index in [9.17, 15) is 9.59 Å². The summed E-state index contributed by atoms with van der Waals surface area (Å²) in [5, 5.41) is 12.9. The number of hydrogen-bond donors (Lipinski definition) is 2. The van der Waals surface area contributed by atoms with Crippen LogP contribution < -0.4 is 5.32 Å². The van der Waals surface area contributed by atoms with E-state index < -0.39 is 0 Å². The van der Waals surface area contributed by atoms with Crippen molar-refractivity contribution in [1.82, 2.24) is 14.8 Å². The van der Waals surface area contributed by atoms with Crippen molar-refractivity contribution in [3.8, 4) is 0 Å². The number of carbonyl (C=O) groups is 2. The molecule has 2 heterocycles. The maximum absolute atomic E-state index is 12.6. The van der Waals surface area contributed by atoms with Crippen LogP contribution in [0.3, 0.4) is 0 Å². The minimum absolute atomic E-state index is 0.0296. The second kappa shape index (κ2) is 5.89. The Balaban J connectivity index is 2.15. The summed E-state index contributed by atoms with van der Waals surface area (Å²) in [4.78, 5) is 26.0. The molecule has 1 aromatic carbocycles. The van der Waals surface area contributed by atoms with Gasteiger partial charge in [0, 0.05) is 49.9 Å². The highest BCUT2D eigenvalue weighted by atomic mass is 16.3. The van der Waals surface area contributed by atoms with Crippen molar-refractivity contribution in [1.29, 1.82) is 0 Å². The Morgan fingerprint density at radius 2 is 1.87 bits per heavy atom. The molecule has 23 heavy (non-hydrogen) atoms. The fourth-order valence-electron chi connectivity index (χ4n) is 2.89. The van der Waals surface area contributed by atoms with Gasteiger partial charge in [-0.25, -0.2) is 0 Å². The van der Waals surface area contributed by atoms with E-state index in [1.165, 1.54) is 7.05 Å². The summed E-state index contributed by atoms with van der Waals surface area (Å²) in [7, 11) is 3.40. The van der Waals surface area contributed by atoms with Crippen molar-refractivity contribution < 1.29 is 14.7 Å². The lowest BCUT2D eigenvalue weighted by Crippen LogP contribution is -2.30. The van der Waals surface area contributed by atoms with Crippen LogP contribution in [-0.2, 0) is 16.6 Å². The van der Waals surface area contributed by atoms with Gasteiger partial charge in [-0.3, -0.25) is 14.5 Å². The van der Waals surface area contributed by atoms with Crippen molar-refractivity contribution in [2.24, 2.45) is 7.05 Å². The maximum Gasteiger partial charge on any atom is 0.277 e. The molecule has 0 fully saturated rings. The van der Waals surface area contributed by atoms with Gasteiger partial charge in [0.2, 0.25) is 0 Å². The Morgan fingerprint density at radius 1 is 1.13 bits per heavy atom. The molecule has 0 atom stereocenters. The molecule has 1 aliphatic heterocycles. The van der Waals surface area contributed by atoms with Crippen molar-refractivity contribution >= 4 is 28.3 Å². The molecule has 0 spiro atoms. The summed E-state index contributed by atoms with van der Waals surface area (Å²) in [6.45, 7) is 0.467. The molecule has 2 aromatic rings. The molecule has 3 rings (SSSR count). The Kier molecular flexibility index (Phi) is 3.92. The number of likely N-dealkylation sites (N-methyl/N-ethyl adjacent to an activating group) is 1. The lowest BCUT2D eigenvalue weighted by molar-refractivity contribution is -0.135. The van der Waals surface area contributed by atoms with Gasteiger partial charge in [-0.2, -0.15) is 0 Å². The van der Waals surface area contributed by atoms with Gasteiger partial charge in [0.25, 0.3) is 11.8 Å². The minimum atomic E-state index is -0.337. The quantitative estimate of drug-likeness (QED) is 0.634. The monoisotopic (exact) mass is 313 g/mol. The summed E-state index contributed by atoms with van der Waals surface area (Å²) < 4.78 is 1.94. The molecule has 120 valence electrons. The van der Waals surface area contributed by atoms with E-state index in [1.807, 2.05) is 42.1 Å². The van der Waals surface area contributed by atoms with Crippen LogP contribution in [-0.4, -0.2) is 46.6 Å². The predicted octanol–water partition coefficient (Wildman–Crippen LogP) is 0.860. The number of hydrogen-bond acceptors (Lipinski definition) is 4. The van der Waals surface area contributed by atoms with Gasteiger partial charge in [-0.15, -0.1) is 0 Å². The van der Waals surface area contributed by atoms with Crippen molar-refractivity contribution in [2.45, 2.75) is 6.42 Å². The molecule has 0 bridgehead atoms. The van der Waals surface area contributed by atoms with Gasteiger partial charge < -0.3 is 15.0 Å². The summed E-state index contributed by atoms with van der Waals surface area (Å²) in [6, 6.07) is 7.77. The molecule has 0 saturated heterocycles. The molecule has 2 amide bonds. The molecule has 0 radical (unpaired) electrons. The molecular weight excluding hydrogens is 294 g/mol. The highest BCUT2D eigenvalue weighted by molar-refractivity contribution is 6.36. The normalized spacial score (nSPS) is 15.2. The summed E-state index contributed by atoms with van der Waals surface area (Å²) >= 11 is 0. The number of amides is 2. The summed E-state index contributed by atoms with van der Waals surface area (Å²) in [5.74, 6) is -0.645. The SMILES string of the molecule is CN1C(=O)C(NCCCO)=C(c2cn(C)c3ccccc23)C1=O. The fourth-order valence-corrected chi connectivity index (χ4v) is 2.89. The van der Waals surface area contributed by atoms with E-state index in [2.05, 4.69) is 5.32 Å². The van der Waals surface area contributed by atoms with Gasteiger partial charge in [-0.1, -0.05) is 18.2 Å². The Bertz CT molecular complexity index is 820. The Labute approximate surface area is 134 Å². The fraction of sp³-hybridized carbons (Fsp3) is 0.294. The Morgan fingerprint density at radius 3 is 2.61 bits per heavy atom. The number of rotatable bonds is 5. The highest BCUT2D eigenvalue weighted by Crippen LogP contribution is 2.33. The third-order valence-corrected chi connectivity index (χ3v) is 4.09. The topological polar surface area (TPSA) is 74.6 Å². The standard InChI is InChI=1S/C17H19N3O3/c1-19-10-12(11-6-3-4-7-13(11)19)14-15(18-8-5-9-21)17(23)20(2)16(14)22/h3-4,6-7,10,18,21H,5,8-9H2,1-2H3. The summed E-state index contributed by atoms with van der Waals surface area (Å²) in [5.41, 5.74) is 2.45. The van der Waals surface area contributed by atoms with Crippen LogP contribution in [0.1, 0.15) is 12.0 Å². The molecule has 1 aromatic heterocycles. The molecule has 6 heteroatoms. The van der Waals surface area contributed by atoms with Gasteiger partial charge in [0.1, 0.15) is 5.70 Å². The average molecular weight is 313 g/mol. The first-order chi connectivity index (χ1) is 11.1. The number of aromatic nitrogens is 1. The first-order valence-electron chi connectivity index (χ1n) is 7.52. The van der Waals surface area contributed by atoms with Gasteiger partial charge in [0.15, 0.2) is 0 Å². The number of benzene rings is 1. The van der Waals surface area contributed by atoms with Crippen LogP contribution >= 0.6 is 0 Å². The number of imide groups is 1. The van der Waals surface area contributed by atoms with E-state index in [4.69, 9.17) is 5.11 Å². The number of aliphatic hydroxyl groups excluding tert-OH is 1. The molecule has 2 N–H and O–H groups in total. The van der Waals surface area contributed by atoms with Crippen LogP contribution in [0.4, 0.5) is 0 Å². The molecular formula is C17H19N3O3. The van der Waals surface area contributed by atoms with E-state index in [-0.39, 0.29) is 18.4 Å². The van der Waals surface area contributed by atoms with Crippen LogP contribution in [0.5, 0.6) is 0 Å². The predicted molar refractivity (Wildman–Crippen MR) is 87.3 cm³/mol. The van der Waals surface area contributed by atoms with Crippen LogP contribution in [0.2, 0.25) is 0 Å². The highest BCUT2D eigenvalue weighted by Gasteiger charge is 2.37. The van der Waals surface area contributed by atoms with Crippen molar-refractivity contribution in [2.75, 3.05) is 20.2 Å². The number of fused-ring (bicyclic) bond motifs is 1. The molecule has 0 unspecified atom stereocenters. The minimum Gasteiger partial charge on any atom is -0.396 e. The maximum atomic E-state index is 12.6. The van der Waals surface area contributed by atoms with Gasteiger partial charge >= 0.3 is 0 Å². The molecule has 0 aliphatic carbocycles.